The first-order valence-corrected chi connectivity index (χ1v) is 7.58. The molecule has 0 radical (unpaired) electrons. The molecule has 124 valence electrons. The number of halogens is 2. The van der Waals surface area contributed by atoms with E-state index in [4.69, 9.17) is 0 Å². The Morgan fingerprint density at radius 3 is 2.71 bits per heavy atom. The molecular formula is C18H17F2N3O. The summed E-state index contributed by atoms with van der Waals surface area (Å²) in [4.78, 5) is 18.5. The number of fused-ring (bicyclic) bond motifs is 1. The second kappa shape index (κ2) is 6.49. The smallest absolute Gasteiger partial charge is 0.258 e. The van der Waals surface area contributed by atoms with Crippen LogP contribution in [0.5, 0.6) is 0 Å². The van der Waals surface area contributed by atoms with Crippen LogP contribution in [0.25, 0.3) is 5.65 Å². The van der Waals surface area contributed by atoms with Crippen molar-refractivity contribution < 1.29 is 8.78 Å². The third-order valence-corrected chi connectivity index (χ3v) is 4.12. The third kappa shape index (κ3) is 3.19. The van der Waals surface area contributed by atoms with Gasteiger partial charge in [0.15, 0.2) is 11.6 Å². The summed E-state index contributed by atoms with van der Waals surface area (Å²) in [5.74, 6) is -1.73. The van der Waals surface area contributed by atoms with E-state index in [9.17, 15) is 13.6 Å². The van der Waals surface area contributed by atoms with E-state index < -0.39 is 11.6 Å². The van der Waals surface area contributed by atoms with E-state index in [0.717, 1.165) is 6.07 Å². The number of rotatable bonds is 4. The lowest BCUT2D eigenvalue weighted by Crippen LogP contribution is -2.24. The SMILES string of the molecule is C[C@H](c1ccc(F)c(F)c1)N(C)Cc1cc(=O)n2ccccc2n1. The summed E-state index contributed by atoms with van der Waals surface area (Å²) in [5, 5.41) is 0. The van der Waals surface area contributed by atoms with E-state index >= 15 is 0 Å². The van der Waals surface area contributed by atoms with E-state index in [1.165, 1.54) is 16.5 Å². The van der Waals surface area contributed by atoms with E-state index in [-0.39, 0.29) is 11.6 Å². The molecule has 0 amide bonds. The monoisotopic (exact) mass is 329 g/mol. The van der Waals surface area contributed by atoms with E-state index in [1.54, 1.807) is 24.4 Å². The molecule has 24 heavy (non-hydrogen) atoms. The summed E-state index contributed by atoms with van der Waals surface area (Å²) >= 11 is 0. The third-order valence-electron chi connectivity index (χ3n) is 4.12. The van der Waals surface area contributed by atoms with Crippen LogP contribution >= 0.6 is 0 Å². The van der Waals surface area contributed by atoms with Crippen LogP contribution < -0.4 is 5.56 Å². The van der Waals surface area contributed by atoms with Gasteiger partial charge in [-0.2, -0.15) is 0 Å². The highest BCUT2D eigenvalue weighted by Gasteiger charge is 2.15. The minimum absolute atomic E-state index is 0.149. The van der Waals surface area contributed by atoms with Crippen LogP contribution in [0, 0.1) is 11.6 Å². The molecule has 0 saturated carbocycles. The van der Waals surface area contributed by atoms with Crippen molar-refractivity contribution >= 4 is 5.65 Å². The van der Waals surface area contributed by atoms with Gasteiger partial charge in [0.2, 0.25) is 0 Å². The lowest BCUT2D eigenvalue weighted by Gasteiger charge is -2.24. The van der Waals surface area contributed by atoms with Crippen LogP contribution in [0.4, 0.5) is 8.78 Å². The normalized spacial score (nSPS) is 12.7. The molecule has 4 nitrogen and oxygen atoms in total. The minimum Gasteiger partial charge on any atom is -0.294 e. The molecule has 0 saturated heterocycles. The molecule has 3 rings (SSSR count). The van der Waals surface area contributed by atoms with E-state index in [1.807, 2.05) is 24.9 Å². The first-order chi connectivity index (χ1) is 11.5. The van der Waals surface area contributed by atoms with Crippen molar-refractivity contribution in [1.82, 2.24) is 14.3 Å². The molecule has 1 atom stereocenters. The summed E-state index contributed by atoms with van der Waals surface area (Å²) in [6.07, 6.45) is 1.67. The first-order valence-electron chi connectivity index (χ1n) is 7.58. The summed E-state index contributed by atoms with van der Waals surface area (Å²) < 4.78 is 27.9. The molecule has 0 aliphatic rings. The fourth-order valence-corrected chi connectivity index (χ4v) is 2.60. The molecule has 0 aliphatic heterocycles. The minimum atomic E-state index is -0.866. The second-order valence-corrected chi connectivity index (χ2v) is 5.78. The van der Waals surface area contributed by atoms with E-state index in [2.05, 4.69) is 4.98 Å². The number of benzene rings is 1. The van der Waals surface area contributed by atoms with Gasteiger partial charge in [0, 0.05) is 24.8 Å². The van der Waals surface area contributed by atoms with Crippen LogP contribution in [0.2, 0.25) is 0 Å². The van der Waals surface area contributed by atoms with Gasteiger partial charge in [-0.3, -0.25) is 14.1 Å². The zero-order valence-corrected chi connectivity index (χ0v) is 13.4. The maximum Gasteiger partial charge on any atom is 0.258 e. The van der Waals surface area contributed by atoms with Gasteiger partial charge in [-0.15, -0.1) is 0 Å². The lowest BCUT2D eigenvalue weighted by molar-refractivity contribution is 0.249. The molecule has 0 bridgehead atoms. The standard InChI is InChI=1S/C18H17F2N3O/c1-12(13-6-7-15(19)16(20)9-13)22(2)11-14-10-18(24)23-8-4-3-5-17(23)21-14/h3-10,12H,11H2,1-2H3/t12-/m1/s1. The average Bonchev–Trinajstić information content (AvgIpc) is 2.56. The number of hydrogen-bond donors (Lipinski definition) is 0. The highest BCUT2D eigenvalue weighted by Crippen LogP contribution is 2.22. The van der Waals surface area contributed by atoms with Gasteiger partial charge in [-0.1, -0.05) is 12.1 Å². The zero-order valence-electron chi connectivity index (χ0n) is 13.4. The fraction of sp³-hybridized carbons (Fsp3) is 0.222. The molecule has 6 heteroatoms. The molecule has 0 unspecified atom stereocenters. The average molecular weight is 329 g/mol. The molecule has 0 aliphatic carbocycles. The summed E-state index contributed by atoms with van der Waals surface area (Å²) in [6, 6.07) is 10.6. The Kier molecular flexibility index (Phi) is 4.40. The van der Waals surface area contributed by atoms with Gasteiger partial charge in [-0.25, -0.2) is 13.8 Å². The van der Waals surface area contributed by atoms with Gasteiger partial charge >= 0.3 is 0 Å². The summed E-state index contributed by atoms with van der Waals surface area (Å²) in [5.41, 5.74) is 1.72. The molecule has 1 aromatic carbocycles. The molecule has 2 aromatic heterocycles. The first kappa shape index (κ1) is 16.3. The van der Waals surface area contributed by atoms with Crippen molar-refractivity contribution in [2.24, 2.45) is 0 Å². The molecular weight excluding hydrogens is 312 g/mol. The topological polar surface area (TPSA) is 37.6 Å². The lowest BCUT2D eigenvalue weighted by atomic mass is 10.1. The van der Waals surface area contributed by atoms with Crippen molar-refractivity contribution in [2.45, 2.75) is 19.5 Å². The van der Waals surface area contributed by atoms with Crippen molar-refractivity contribution in [3.63, 3.8) is 0 Å². The van der Waals surface area contributed by atoms with E-state index in [0.29, 0.717) is 23.4 Å². The van der Waals surface area contributed by atoms with Crippen LogP contribution in [0.15, 0.2) is 53.5 Å². The molecule has 0 N–H and O–H groups in total. The van der Waals surface area contributed by atoms with Gasteiger partial charge in [-0.05, 0) is 43.8 Å². The zero-order chi connectivity index (χ0) is 17.3. The molecule has 0 spiro atoms. The highest BCUT2D eigenvalue weighted by atomic mass is 19.2. The van der Waals surface area contributed by atoms with Crippen LogP contribution in [0.3, 0.4) is 0 Å². The second-order valence-electron chi connectivity index (χ2n) is 5.78. The number of pyridine rings is 1. The maximum absolute atomic E-state index is 13.4. The Morgan fingerprint density at radius 1 is 1.17 bits per heavy atom. The predicted octanol–water partition coefficient (Wildman–Crippen LogP) is 3.17. The van der Waals surface area contributed by atoms with Crippen LogP contribution in [-0.4, -0.2) is 21.3 Å². The molecule has 3 aromatic rings. The Hall–Kier alpha value is -2.60. The van der Waals surface area contributed by atoms with Crippen molar-refractivity contribution in [3.8, 4) is 0 Å². The Labute approximate surface area is 138 Å². The number of nitrogens with zero attached hydrogens (tertiary/aromatic N) is 3. The van der Waals surface area contributed by atoms with Crippen molar-refractivity contribution in [2.75, 3.05) is 7.05 Å². The predicted molar refractivity (Wildman–Crippen MR) is 87.7 cm³/mol. The molecule has 2 heterocycles. The Bertz CT molecular complexity index is 939. The summed E-state index contributed by atoms with van der Waals surface area (Å²) in [6.45, 7) is 2.31. The number of hydrogen-bond acceptors (Lipinski definition) is 3. The Balaban J connectivity index is 1.84. The van der Waals surface area contributed by atoms with Crippen LogP contribution in [0.1, 0.15) is 24.2 Å². The Morgan fingerprint density at radius 2 is 1.96 bits per heavy atom. The number of aromatic nitrogens is 2. The summed E-state index contributed by atoms with van der Waals surface area (Å²) in [7, 11) is 1.85. The van der Waals surface area contributed by atoms with Gasteiger partial charge < -0.3 is 0 Å². The molecule has 0 fully saturated rings. The largest absolute Gasteiger partial charge is 0.294 e. The van der Waals surface area contributed by atoms with Gasteiger partial charge in [0.25, 0.3) is 5.56 Å². The quantitative estimate of drug-likeness (QED) is 0.738. The maximum atomic E-state index is 13.4. The van der Waals surface area contributed by atoms with Crippen molar-refractivity contribution in [3.05, 3.63) is 81.9 Å². The van der Waals surface area contributed by atoms with Gasteiger partial charge in [0.05, 0.1) is 5.69 Å². The van der Waals surface area contributed by atoms with Crippen molar-refractivity contribution in [1.29, 1.82) is 0 Å². The van der Waals surface area contributed by atoms with Gasteiger partial charge in [0.1, 0.15) is 5.65 Å². The fourth-order valence-electron chi connectivity index (χ4n) is 2.60. The van der Waals surface area contributed by atoms with Crippen LogP contribution in [-0.2, 0) is 6.54 Å². The highest BCUT2D eigenvalue weighted by molar-refractivity contribution is 5.38.